The summed E-state index contributed by atoms with van der Waals surface area (Å²) >= 11 is 1.38. The lowest BCUT2D eigenvalue weighted by Crippen LogP contribution is -2.43. The Morgan fingerprint density at radius 3 is 2.85 bits per heavy atom. The van der Waals surface area contributed by atoms with Crippen molar-refractivity contribution in [2.45, 2.75) is 20.3 Å². The van der Waals surface area contributed by atoms with Crippen molar-refractivity contribution < 1.29 is 4.79 Å². The highest BCUT2D eigenvalue weighted by atomic mass is 32.1. The van der Waals surface area contributed by atoms with Gasteiger partial charge < -0.3 is 21.3 Å². The van der Waals surface area contributed by atoms with E-state index in [-0.39, 0.29) is 5.91 Å². The Morgan fingerprint density at radius 2 is 2.20 bits per heavy atom. The van der Waals surface area contributed by atoms with Gasteiger partial charge in [0.1, 0.15) is 10.7 Å². The standard InChI is InChI=1S/C13H23N5OS/c1-9(2)3-4-16-12(19)10-11(14)17-13(20-10)18-7-5-15-6-8-18/h9,15H,3-8,14H2,1-2H3,(H,16,19). The summed E-state index contributed by atoms with van der Waals surface area (Å²) in [5.41, 5.74) is 5.88. The van der Waals surface area contributed by atoms with Gasteiger partial charge in [0.2, 0.25) is 0 Å². The van der Waals surface area contributed by atoms with Crippen LogP contribution in [0.1, 0.15) is 29.9 Å². The number of piperazine rings is 1. The first-order chi connectivity index (χ1) is 9.58. The van der Waals surface area contributed by atoms with E-state index < -0.39 is 0 Å². The number of thiazole rings is 1. The molecule has 2 heterocycles. The highest BCUT2D eigenvalue weighted by Gasteiger charge is 2.20. The molecule has 0 radical (unpaired) electrons. The number of nitrogens with two attached hydrogens (primary N) is 1. The minimum Gasteiger partial charge on any atom is -0.382 e. The summed E-state index contributed by atoms with van der Waals surface area (Å²) < 4.78 is 0. The van der Waals surface area contributed by atoms with E-state index in [0.29, 0.717) is 23.2 Å². The smallest absolute Gasteiger partial charge is 0.265 e. The number of hydrogen-bond donors (Lipinski definition) is 3. The van der Waals surface area contributed by atoms with E-state index in [4.69, 9.17) is 5.73 Å². The highest BCUT2D eigenvalue weighted by Crippen LogP contribution is 2.28. The van der Waals surface area contributed by atoms with Gasteiger partial charge >= 0.3 is 0 Å². The first-order valence-electron chi connectivity index (χ1n) is 7.08. The summed E-state index contributed by atoms with van der Waals surface area (Å²) in [6.45, 7) is 8.63. The number of nitrogen functional groups attached to an aromatic ring is 1. The maximum absolute atomic E-state index is 12.1. The van der Waals surface area contributed by atoms with Crippen LogP contribution in [0.5, 0.6) is 0 Å². The molecule has 4 N–H and O–H groups in total. The van der Waals surface area contributed by atoms with Gasteiger partial charge in [0.15, 0.2) is 5.13 Å². The normalized spacial score (nSPS) is 15.7. The largest absolute Gasteiger partial charge is 0.382 e. The van der Waals surface area contributed by atoms with Crippen LogP contribution in [0.15, 0.2) is 0 Å². The lowest BCUT2D eigenvalue weighted by Gasteiger charge is -2.26. The summed E-state index contributed by atoms with van der Waals surface area (Å²) in [6, 6.07) is 0. The predicted molar refractivity (Wildman–Crippen MR) is 83.4 cm³/mol. The Bertz CT molecular complexity index is 454. The van der Waals surface area contributed by atoms with Gasteiger partial charge in [-0.25, -0.2) is 4.98 Å². The van der Waals surface area contributed by atoms with Crippen LogP contribution in [0.4, 0.5) is 10.9 Å². The average molecular weight is 297 g/mol. The molecule has 6 nitrogen and oxygen atoms in total. The fraction of sp³-hybridized carbons (Fsp3) is 0.692. The Hall–Kier alpha value is -1.34. The fourth-order valence-electron chi connectivity index (χ4n) is 2.03. The molecule has 112 valence electrons. The van der Waals surface area contributed by atoms with E-state index in [1.54, 1.807) is 0 Å². The van der Waals surface area contributed by atoms with Crippen LogP contribution in [0, 0.1) is 5.92 Å². The third-order valence-corrected chi connectivity index (χ3v) is 4.37. The van der Waals surface area contributed by atoms with Crippen molar-refractivity contribution in [1.82, 2.24) is 15.6 Å². The van der Waals surface area contributed by atoms with Crippen molar-refractivity contribution >= 4 is 28.2 Å². The van der Waals surface area contributed by atoms with Gasteiger partial charge in [-0.3, -0.25) is 4.79 Å². The predicted octanol–water partition coefficient (Wildman–Crippen LogP) is 0.911. The van der Waals surface area contributed by atoms with E-state index in [2.05, 4.69) is 34.4 Å². The number of amides is 1. The van der Waals surface area contributed by atoms with Gasteiger partial charge in [0, 0.05) is 32.7 Å². The lowest BCUT2D eigenvalue weighted by atomic mass is 10.1. The van der Waals surface area contributed by atoms with Gasteiger partial charge in [-0.05, 0) is 12.3 Å². The van der Waals surface area contributed by atoms with E-state index in [9.17, 15) is 4.79 Å². The van der Waals surface area contributed by atoms with Crippen molar-refractivity contribution in [2.24, 2.45) is 5.92 Å². The van der Waals surface area contributed by atoms with Crippen LogP contribution in [0.2, 0.25) is 0 Å². The van der Waals surface area contributed by atoms with Crippen LogP contribution >= 0.6 is 11.3 Å². The van der Waals surface area contributed by atoms with E-state index >= 15 is 0 Å². The number of anilines is 2. The first kappa shape index (κ1) is 15.1. The Morgan fingerprint density at radius 1 is 1.50 bits per heavy atom. The molecule has 0 saturated carbocycles. The average Bonchev–Trinajstić information content (AvgIpc) is 2.81. The molecule has 0 bridgehead atoms. The summed E-state index contributed by atoms with van der Waals surface area (Å²) in [6.07, 6.45) is 0.967. The van der Waals surface area contributed by atoms with E-state index in [1.165, 1.54) is 11.3 Å². The van der Waals surface area contributed by atoms with Crippen molar-refractivity contribution in [3.8, 4) is 0 Å². The SMILES string of the molecule is CC(C)CCNC(=O)c1sc(N2CCNCC2)nc1N. The zero-order chi connectivity index (χ0) is 14.5. The van der Waals surface area contributed by atoms with Gasteiger partial charge in [0.05, 0.1) is 0 Å². The summed E-state index contributed by atoms with van der Waals surface area (Å²) in [4.78, 5) is 19.1. The summed E-state index contributed by atoms with van der Waals surface area (Å²) in [5, 5.41) is 7.05. The number of rotatable bonds is 5. The maximum atomic E-state index is 12.1. The monoisotopic (exact) mass is 297 g/mol. The van der Waals surface area contributed by atoms with Crippen molar-refractivity contribution in [2.75, 3.05) is 43.4 Å². The Labute approximate surface area is 123 Å². The second kappa shape index (κ2) is 6.90. The molecule has 2 rings (SSSR count). The molecule has 1 fully saturated rings. The molecular formula is C13H23N5OS. The molecule has 0 unspecified atom stereocenters. The molecular weight excluding hydrogens is 274 g/mol. The number of carbonyl (C=O) groups excluding carboxylic acids is 1. The Kier molecular flexibility index (Phi) is 5.19. The summed E-state index contributed by atoms with van der Waals surface area (Å²) in [7, 11) is 0. The zero-order valence-corrected chi connectivity index (χ0v) is 12.9. The van der Waals surface area contributed by atoms with Gasteiger partial charge in [0.25, 0.3) is 5.91 Å². The van der Waals surface area contributed by atoms with Crippen LogP contribution in [-0.4, -0.2) is 43.6 Å². The quantitative estimate of drug-likeness (QED) is 0.752. The van der Waals surface area contributed by atoms with Crippen LogP contribution in [0.25, 0.3) is 0 Å². The zero-order valence-electron chi connectivity index (χ0n) is 12.1. The maximum Gasteiger partial charge on any atom is 0.265 e. The second-order valence-electron chi connectivity index (χ2n) is 5.39. The Balaban J connectivity index is 1.97. The molecule has 0 aliphatic carbocycles. The van der Waals surface area contributed by atoms with Gasteiger partial charge in [-0.2, -0.15) is 0 Å². The highest BCUT2D eigenvalue weighted by molar-refractivity contribution is 7.18. The number of nitrogens with one attached hydrogen (secondary N) is 2. The topological polar surface area (TPSA) is 83.3 Å². The molecule has 1 amide bonds. The number of hydrogen-bond acceptors (Lipinski definition) is 6. The molecule has 0 atom stereocenters. The molecule has 7 heteroatoms. The van der Waals surface area contributed by atoms with Crippen molar-refractivity contribution in [3.63, 3.8) is 0 Å². The molecule has 1 aromatic heterocycles. The molecule has 1 aliphatic rings. The number of carbonyl (C=O) groups is 1. The molecule has 0 aromatic carbocycles. The minimum atomic E-state index is -0.109. The van der Waals surface area contributed by atoms with E-state index in [1.807, 2.05) is 0 Å². The molecule has 0 spiro atoms. The van der Waals surface area contributed by atoms with Gasteiger partial charge in [-0.15, -0.1) is 0 Å². The molecule has 20 heavy (non-hydrogen) atoms. The second-order valence-corrected chi connectivity index (χ2v) is 6.36. The summed E-state index contributed by atoms with van der Waals surface area (Å²) in [5.74, 6) is 0.804. The van der Waals surface area contributed by atoms with Gasteiger partial charge in [-0.1, -0.05) is 25.2 Å². The minimum absolute atomic E-state index is 0.109. The first-order valence-corrected chi connectivity index (χ1v) is 7.89. The number of nitrogens with zero attached hydrogens (tertiary/aromatic N) is 2. The van der Waals surface area contributed by atoms with Crippen molar-refractivity contribution in [3.05, 3.63) is 4.88 Å². The number of aromatic nitrogens is 1. The van der Waals surface area contributed by atoms with Crippen LogP contribution in [0.3, 0.4) is 0 Å². The molecule has 1 aromatic rings. The van der Waals surface area contributed by atoms with Crippen molar-refractivity contribution in [1.29, 1.82) is 0 Å². The lowest BCUT2D eigenvalue weighted by molar-refractivity contribution is 0.0956. The molecule has 1 aliphatic heterocycles. The van der Waals surface area contributed by atoms with Crippen LogP contribution in [-0.2, 0) is 0 Å². The third kappa shape index (κ3) is 3.83. The molecule has 1 saturated heterocycles. The van der Waals surface area contributed by atoms with Crippen LogP contribution < -0.4 is 21.3 Å². The fourth-order valence-corrected chi connectivity index (χ4v) is 2.98. The van der Waals surface area contributed by atoms with E-state index in [0.717, 1.165) is 37.7 Å². The third-order valence-electron chi connectivity index (χ3n) is 3.24.